The Morgan fingerprint density at radius 3 is 2.85 bits per heavy atom. The normalized spacial score (nSPS) is 21.7. The number of urea groups is 1. The first-order valence-corrected chi connectivity index (χ1v) is 6.39. The number of carbonyl (C=O) groups is 2. The largest absolute Gasteiger partial charge is 0.479 e. The molecule has 2 amide bonds. The van der Waals surface area contributed by atoms with E-state index in [1.165, 1.54) is 0 Å². The van der Waals surface area contributed by atoms with E-state index in [4.69, 9.17) is 9.84 Å². The van der Waals surface area contributed by atoms with Crippen LogP contribution in [0.5, 0.6) is 0 Å². The van der Waals surface area contributed by atoms with Gasteiger partial charge < -0.3 is 20.5 Å². The molecule has 1 aromatic rings. The molecule has 1 fully saturated rings. The molecule has 2 atom stereocenters. The van der Waals surface area contributed by atoms with Gasteiger partial charge in [-0.25, -0.2) is 9.59 Å². The lowest BCUT2D eigenvalue weighted by molar-refractivity contribution is -0.149. The molecule has 0 spiro atoms. The van der Waals surface area contributed by atoms with Crippen LogP contribution in [-0.4, -0.2) is 45.6 Å². The predicted octanol–water partition coefficient (Wildman–Crippen LogP) is 0.482. The van der Waals surface area contributed by atoms with Crippen LogP contribution < -0.4 is 10.6 Å². The topological polar surface area (TPSA) is 105 Å². The van der Waals surface area contributed by atoms with Gasteiger partial charge in [-0.05, 0) is 19.8 Å². The Morgan fingerprint density at radius 1 is 1.55 bits per heavy atom. The second kappa shape index (κ2) is 5.91. The molecule has 0 bridgehead atoms. The third-order valence-electron chi connectivity index (χ3n) is 3.13. The van der Waals surface area contributed by atoms with E-state index >= 15 is 0 Å². The van der Waals surface area contributed by atoms with E-state index in [1.54, 1.807) is 24.9 Å². The Balaban J connectivity index is 1.76. The molecule has 110 valence electrons. The number of aromatic nitrogens is 2. The van der Waals surface area contributed by atoms with Gasteiger partial charge in [0, 0.05) is 19.8 Å². The summed E-state index contributed by atoms with van der Waals surface area (Å²) >= 11 is 0. The van der Waals surface area contributed by atoms with Crippen LogP contribution in [0.25, 0.3) is 0 Å². The lowest BCUT2D eigenvalue weighted by Gasteiger charge is -2.12. The quantitative estimate of drug-likeness (QED) is 0.745. The van der Waals surface area contributed by atoms with Gasteiger partial charge in [-0.15, -0.1) is 0 Å². The summed E-state index contributed by atoms with van der Waals surface area (Å²) in [7, 11) is 1.77. The summed E-state index contributed by atoms with van der Waals surface area (Å²) in [6, 6.07) is -0.358. The molecule has 2 unspecified atom stereocenters. The number of rotatable bonds is 4. The van der Waals surface area contributed by atoms with Crippen molar-refractivity contribution in [2.24, 2.45) is 7.05 Å². The van der Waals surface area contributed by atoms with Crippen LogP contribution in [0.15, 0.2) is 6.20 Å². The van der Waals surface area contributed by atoms with Gasteiger partial charge in [0.2, 0.25) is 0 Å². The first-order valence-electron chi connectivity index (χ1n) is 6.39. The maximum Gasteiger partial charge on any atom is 0.332 e. The molecule has 0 aromatic carbocycles. The van der Waals surface area contributed by atoms with Crippen LogP contribution in [-0.2, 0) is 16.6 Å². The summed E-state index contributed by atoms with van der Waals surface area (Å²) in [6.45, 7) is 2.09. The highest BCUT2D eigenvalue weighted by Gasteiger charge is 2.30. The minimum absolute atomic E-state index is 0.253. The second-order valence-electron chi connectivity index (χ2n) is 4.80. The third kappa shape index (κ3) is 3.47. The van der Waals surface area contributed by atoms with Crippen LogP contribution in [0, 0.1) is 6.92 Å². The number of aliphatic carboxylic acids is 1. The first-order chi connectivity index (χ1) is 9.45. The number of carboxylic acids is 1. The zero-order chi connectivity index (χ0) is 14.7. The highest BCUT2D eigenvalue weighted by atomic mass is 16.5. The number of ether oxygens (including phenoxy) is 1. The lowest BCUT2D eigenvalue weighted by atomic mass is 10.2. The molecule has 0 aliphatic carbocycles. The molecule has 0 radical (unpaired) electrons. The number of aryl methyl sites for hydroxylation is 2. The van der Waals surface area contributed by atoms with Gasteiger partial charge in [-0.3, -0.25) is 4.68 Å². The van der Waals surface area contributed by atoms with Crippen molar-refractivity contribution >= 4 is 17.7 Å². The molecule has 1 aliphatic rings. The Kier molecular flexibility index (Phi) is 4.23. The van der Waals surface area contributed by atoms with E-state index in [9.17, 15) is 9.59 Å². The molecule has 8 heteroatoms. The standard InChI is InChI=1S/C12H18N4O4/c1-7-9(6-16(2)15-7)14-12(19)13-5-8-3-4-10(20-8)11(17)18/h6,8,10H,3-5H2,1-2H3,(H,17,18)(H2,13,14,19). The van der Waals surface area contributed by atoms with E-state index in [0.717, 1.165) is 5.69 Å². The fourth-order valence-electron chi connectivity index (χ4n) is 2.13. The van der Waals surface area contributed by atoms with E-state index in [2.05, 4.69) is 15.7 Å². The maximum atomic E-state index is 11.7. The summed E-state index contributed by atoms with van der Waals surface area (Å²) in [5.74, 6) is -0.956. The molecule has 1 saturated heterocycles. The molecule has 1 aromatic heterocycles. The molecule has 1 aliphatic heterocycles. The summed E-state index contributed by atoms with van der Waals surface area (Å²) in [5.41, 5.74) is 1.37. The van der Waals surface area contributed by atoms with Crippen molar-refractivity contribution in [3.8, 4) is 0 Å². The zero-order valence-electron chi connectivity index (χ0n) is 11.4. The number of hydrogen-bond acceptors (Lipinski definition) is 4. The lowest BCUT2D eigenvalue weighted by Crippen LogP contribution is -2.36. The van der Waals surface area contributed by atoms with Crippen LogP contribution >= 0.6 is 0 Å². The number of hydrogen-bond donors (Lipinski definition) is 3. The Morgan fingerprint density at radius 2 is 2.30 bits per heavy atom. The third-order valence-corrected chi connectivity index (χ3v) is 3.13. The number of amides is 2. The maximum absolute atomic E-state index is 11.7. The molecule has 0 saturated carbocycles. The van der Waals surface area contributed by atoms with Crippen molar-refractivity contribution < 1.29 is 19.4 Å². The Bertz CT molecular complexity index is 514. The molecule has 8 nitrogen and oxygen atoms in total. The number of carbonyl (C=O) groups excluding carboxylic acids is 1. The number of carboxylic acid groups (broad SMARTS) is 1. The number of nitrogens with one attached hydrogen (secondary N) is 2. The van der Waals surface area contributed by atoms with Gasteiger partial charge in [0.25, 0.3) is 0 Å². The minimum atomic E-state index is -0.956. The van der Waals surface area contributed by atoms with Crippen molar-refractivity contribution in [2.45, 2.75) is 32.0 Å². The summed E-state index contributed by atoms with van der Waals surface area (Å²) in [4.78, 5) is 22.4. The number of nitrogens with zero attached hydrogens (tertiary/aromatic N) is 2. The van der Waals surface area contributed by atoms with Gasteiger partial charge in [-0.1, -0.05) is 0 Å². The molecule has 2 heterocycles. The first kappa shape index (κ1) is 14.3. The van der Waals surface area contributed by atoms with E-state index in [-0.39, 0.29) is 18.7 Å². The summed E-state index contributed by atoms with van der Waals surface area (Å²) in [6.07, 6.45) is 1.80. The van der Waals surface area contributed by atoms with Gasteiger partial charge >= 0.3 is 12.0 Å². The SMILES string of the molecule is Cc1nn(C)cc1NC(=O)NCC1CCC(C(=O)O)O1. The van der Waals surface area contributed by atoms with Crippen molar-refractivity contribution in [3.05, 3.63) is 11.9 Å². The highest BCUT2D eigenvalue weighted by molar-refractivity contribution is 5.89. The summed E-state index contributed by atoms with van der Waals surface area (Å²) in [5, 5.41) is 18.3. The minimum Gasteiger partial charge on any atom is -0.479 e. The van der Waals surface area contributed by atoms with Crippen molar-refractivity contribution in [1.82, 2.24) is 15.1 Å². The van der Waals surface area contributed by atoms with E-state index < -0.39 is 12.1 Å². The van der Waals surface area contributed by atoms with Crippen LogP contribution in [0.1, 0.15) is 18.5 Å². The van der Waals surface area contributed by atoms with E-state index in [1.807, 2.05) is 0 Å². The fourth-order valence-corrected chi connectivity index (χ4v) is 2.13. The second-order valence-corrected chi connectivity index (χ2v) is 4.80. The van der Waals surface area contributed by atoms with Gasteiger partial charge in [0.05, 0.1) is 17.5 Å². The predicted molar refractivity (Wildman–Crippen MR) is 70.5 cm³/mol. The monoisotopic (exact) mass is 282 g/mol. The zero-order valence-corrected chi connectivity index (χ0v) is 11.4. The van der Waals surface area contributed by atoms with Crippen LogP contribution in [0.4, 0.5) is 10.5 Å². The molecular formula is C12H18N4O4. The average Bonchev–Trinajstić information content (AvgIpc) is 2.94. The average molecular weight is 282 g/mol. The Hall–Kier alpha value is -2.09. The van der Waals surface area contributed by atoms with Crippen LogP contribution in [0.3, 0.4) is 0 Å². The molecular weight excluding hydrogens is 264 g/mol. The molecule has 20 heavy (non-hydrogen) atoms. The Labute approximate surface area is 116 Å². The van der Waals surface area contributed by atoms with Gasteiger partial charge in [0.1, 0.15) is 0 Å². The summed E-state index contributed by atoms with van der Waals surface area (Å²) < 4.78 is 6.91. The fraction of sp³-hybridized carbons (Fsp3) is 0.583. The van der Waals surface area contributed by atoms with Gasteiger partial charge in [0.15, 0.2) is 6.10 Å². The number of anilines is 1. The van der Waals surface area contributed by atoms with Gasteiger partial charge in [-0.2, -0.15) is 5.10 Å². The van der Waals surface area contributed by atoms with Crippen molar-refractivity contribution in [1.29, 1.82) is 0 Å². The molecule has 2 rings (SSSR count). The van der Waals surface area contributed by atoms with Crippen LogP contribution in [0.2, 0.25) is 0 Å². The highest BCUT2D eigenvalue weighted by Crippen LogP contribution is 2.19. The smallest absolute Gasteiger partial charge is 0.332 e. The van der Waals surface area contributed by atoms with Crippen molar-refractivity contribution in [3.63, 3.8) is 0 Å². The van der Waals surface area contributed by atoms with E-state index in [0.29, 0.717) is 18.5 Å². The molecule has 3 N–H and O–H groups in total. The van der Waals surface area contributed by atoms with Crippen molar-refractivity contribution in [2.75, 3.05) is 11.9 Å².